The second-order valence-electron chi connectivity index (χ2n) is 11.4. The molecule has 2 N–H and O–H groups in total. The third-order valence-electron chi connectivity index (χ3n) is 8.39. The summed E-state index contributed by atoms with van der Waals surface area (Å²) in [4.78, 5) is 3.22. The van der Waals surface area contributed by atoms with Crippen molar-refractivity contribution in [2.45, 2.75) is 9.79 Å². The first-order valence-corrected chi connectivity index (χ1v) is 19.1. The van der Waals surface area contributed by atoms with Crippen molar-refractivity contribution >= 4 is 107 Å². The SMILES string of the molecule is C=C(c1ccc(S(=O)(=O)O)cc1)N1C(=CC=Cc2n(C(=C)c3ccc(S(=O)(=O)O)cc3)c3cc(Cl)c(Cl)cc3[n+]2C)N(C)c2cc(Cl)c(Cl)cc21. The largest absolute Gasteiger partial charge is 0.329 e. The van der Waals surface area contributed by atoms with Crippen LogP contribution in [0.1, 0.15) is 17.0 Å². The quantitative estimate of drug-likeness (QED) is 0.118. The summed E-state index contributed by atoms with van der Waals surface area (Å²) >= 11 is 25.7. The van der Waals surface area contributed by atoms with E-state index in [0.29, 0.717) is 65.5 Å². The topological polar surface area (TPSA) is 124 Å². The second-order valence-corrected chi connectivity index (χ2v) is 15.9. The van der Waals surface area contributed by atoms with E-state index >= 15 is 0 Å². The number of nitrogens with zero attached hydrogens (tertiary/aromatic N) is 4. The summed E-state index contributed by atoms with van der Waals surface area (Å²) in [5, 5.41) is 1.33. The van der Waals surface area contributed by atoms with Crippen molar-refractivity contribution in [1.82, 2.24) is 4.57 Å². The van der Waals surface area contributed by atoms with Crippen molar-refractivity contribution < 1.29 is 30.5 Å². The van der Waals surface area contributed by atoms with E-state index in [2.05, 4.69) is 13.2 Å². The molecule has 6 rings (SSSR count). The highest BCUT2D eigenvalue weighted by Gasteiger charge is 2.32. The van der Waals surface area contributed by atoms with Crippen molar-refractivity contribution in [3.63, 3.8) is 0 Å². The molecule has 2 heterocycles. The van der Waals surface area contributed by atoms with Gasteiger partial charge in [0.1, 0.15) is 11.5 Å². The number of halogens is 4. The molecule has 0 atom stereocenters. The van der Waals surface area contributed by atoms with Crippen LogP contribution in [0.15, 0.2) is 114 Å². The Balaban J connectivity index is 1.47. The lowest BCUT2D eigenvalue weighted by Gasteiger charge is -2.25. The van der Waals surface area contributed by atoms with Crippen LogP contribution in [-0.2, 0) is 27.3 Å². The Bertz CT molecular complexity index is 2580. The van der Waals surface area contributed by atoms with Crippen LogP contribution in [0.5, 0.6) is 0 Å². The lowest BCUT2D eigenvalue weighted by Crippen LogP contribution is -2.31. The van der Waals surface area contributed by atoms with Crippen LogP contribution in [-0.4, -0.2) is 37.6 Å². The molecule has 16 heteroatoms. The maximum absolute atomic E-state index is 11.7. The first-order valence-electron chi connectivity index (χ1n) is 14.7. The number of aromatic nitrogens is 2. The van der Waals surface area contributed by atoms with Gasteiger partial charge in [0.05, 0.1) is 48.3 Å². The zero-order valence-electron chi connectivity index (χ0n) is 26.7. The summed E-state index contributed by atoms with van der Waals surface area (Å²) < 4.78 is 69.3. The van der Waals surface area contributed by atoms with Gasteiger partial charge in [0, 0.05) is 36.5 Å². The van der Waals surface area contributed by atoms with Crippen LogP contribution in [0.2, 0.25) is 20.1 Å². The number of anilines is 2. The minimum absolute atomic E-state index is 0.256. The van der Waals surface area contributed by atoms with E-state index < -0.39 is 20.2 Å². The van der Waals surface area contributed by atoms with Gasteiger partial charge in [-0.3, -0.25) is 14.0 Å². The van der Waals surface area contributed by atoms with E-state index in [1.54, 1.807) is 24.3 Å². The van der Waals surface area contributed by atoms with Crippen molar-refractivity contribution in [2.75, 3.05) is 16.8 Å². The van der Waals surface area contributed by atoms with Crippen LogP contribution >= 0.6 is 46.4 Å². The van der Waals surface area contributed by atoms with E-state index in [0.717, 1.165) is 11.2 Å². The Morgan fingerprint density at radius 3 is 1.73 bits per heavy atom. The molecule has 0 radical (unpaired) electrons. The Kier molecular flexibility index (Phi) is 9.68. The molecule has 0 unspecified atom stereocenters. The van der Waals surface area contributed by atoms with Crippen molar-refractivity contribution in [1.29, 1.82) is 0 Å². The third kappa shape index (κ3) is 6.82. The molecule has 0 aliphatic carbocycles. The summed E-state index contributed by atoms with van der Waals surface area (Å²) in [5.41, 5.74) is 4.89. The molecule has 0 bridgehead atoms. The fourth-order valence-electron chi connectivity index (χ4n) is 5.80. The second kappa shape index (κ2) is 13.5. The number of allylic oxidation sites excluding steroid dienone is 2. The minimum Gasteiger partial charge on any atom is -0.329 e. The maximum atomic E-state index is 11.7. The number of aryl methyl sites for hydroxylation is 1. The van der Waals surface area contributed by atoms with Gasteiger partial charge >= 0.3 is 0 Å². The molecule has 1 aromatic heterocycles. The fourth-order valence-corrected chi connectivity index (χ4v) is 7.39. The zero-order valence-corrected chi connectivity index (χ0v) is 31.4. The van der Waals surface area contributed by atoms with Gasteiger partial charge in [-0.05, 0) is 60.2 Å². The van der Waals surface area contributed by atoms with Crippen LogP contribution < -0.4 is 14.4 Å². The normalized spacial score (nSPS) is 14.2. The van der Waals surface area contributed by atoms with Gasteiger partial charge in [0.15, 0.2) is 11.0 Å². The molecule has 0 spiro atoms. The molecule has 10 nitrogen and oxygen atoms in total. The molecule has 0 saturated carbocycles. The van der Waals surface area contributed by atoms with Gasteiger partial charge in [-0.25, -0.2) is 4.57 Å². The Morgan fingerprint density at radius 2 is 1.20 bits per heavy atom. The van der Waals surface area contributed by atoms with E-state index in [9.17, 15) is 25.9 Å². The Labute approximate surface area is 314 Å². The molecule has 1 aliphatic heterocycles. The van der Waals surface area contributed by atoms with E-state index in [4.69, 9.17) is 46.4 Å². The summed E-state index contributed by atoms with van der Waals surface area (Å²) in [7, 11) is -5.11. The summed E-state index contributed by atoms with van der Waals surface area (Å²) in [6.45, 7) is 8.60. The van der Waals surface area contributed by atoms with Gasteiger partial charge in [-0.1, -0.05) is 77.8 Å². The lowest BCUT2D eigenvalue weighted by molar-refractivity contribution is -0.647. The summed E-state index contributed by atoms with van der Waals surface area (Å²) in [6.07, 6.45) is 5.49. The molecule has 0 amide bonds. The highest BCUT2D eigenvalue weighted by molar-refractivity contribution is 7.86. The molecular weight excluding hydrogens is 778 g/mol. The fraction of sp³-hybridized carbons (Fsp3) is 0.0571. The van der Waals surface area contributed by atoms with Crippen LogP contribution in [0.4, 0.5) is 11.4 Å². The Morgan fingerprint density at radius 1 is 0.725 bits per heavy atom. The predicted molar refractivity (Wildman–Crippen MR) is 204 cm³/mol. The van der Waals surface area contributed by atoms with Crippen molar-refractivity contribution in [3.05, 3.63) is 141 Å². The Hall–Kier alpha value is -4.11. The number of rotatable bonds is 8. The predicted octanol–water partition coefficient (Wildman–Crippen LogP) is 8.57. The highest BCUT2D eigenvalue weighted by atomic mass is 35.5. The lowest BCUT2D eigenvalue weighted by atomic mass is 10.1. The molecule has 5 aromatic rings. The zero-order chi connectivity index (χ0) is 37.2. The number of imidazole rings is 1. The first kappa shape index (κ1) is 36.7. The van der Waals surface area contributed by atoms with E-state index in [-0.39, 0.29) is 9.79 Å². The standard InChI is InChI=1S/C35H26Cl4N4O6S2/c1-20(22-8-12-24(13-9-22)50(44,45)46)42-32-18-28(38)26(36)16-30(32)40(3)34(42)6-5-7-35-41(4)31-17-27(37)29(39)19-33(31)43(35)21(2)23-10-14-25(15-11-23)51(47,48)49/h5-19H,1-2H2,3-4H3,(H-,44,45,46,47,48,49)/p+1. The number of benzene rings is 4. The molecule has 4 aromatic carbocycles. The van der Waals surface area contributed by atoms with Gasteiger partial charge in [0.2, 0.25) is 0 Å². The average molecular weight is 806 g/mol. The number of hydrogen-bond donors (Lipinski definition) is 2. The summed E-state index contributed by atoms with van der Waals surface area (Å²) in [5.74, 6) is 1.28. The van der Waals surface area contributed by atoms with Crippen LogP contribution in [0.25, 0.3) is 28.5 Å². The highest BCUT2D eigenvalue weighted by Crippen LogP contribution is 2.48. The maximum Gasteiger partial charge on any atom is 0.294 e. The molecular formula is C35H27Cl4N4O6S2+. The number of hydrogen-bond acceptors (Lipinski definition) is 6. The van der Waals surface area contributed by atoms with Crippen LogP contribution in [0.3, 0.4) is 0 Å². The molecule has 51 heavy (non-hydrogen) atoms. The molecule has 0 saturated heterocycles. The van der Waals surface area contributed by atoms with Crippen LogP contribution in [0, 0.1) is 0 Å². The smallest absolute Gasteiger partial charge is 0.294 e. The van der Waals surface area contributed by atoms with E-state index in [1.807, 2.05) is 51.3 Å². The molecule has 0 fully saturated rings. The average Bonchev–Trinajstić information content (AvgIpc) is 3.48. The van der Waals surface area contributed by atoms with Gasteiger partial charge < -0.3 is 4.90 Å². The van der Waals surface area contributed by atoms with Crippen molar-refractivity contribution in [2.24, 2.45) is 7.05 Å². The van der Waals surface area contributed by atoms with Crippen molar-refractivity contribution in [3.8, 4) is 0 Å². The third-order valence-corrected chi connectivity index (χ3v) is 11.6. The summed E-state index contributed by atoms with van der Waals surface area (Å²) in [6, 6.07) is 18.2. The monoisotopic (exact) mass is 803 g/mol. The van der Waals surface area contributed by atoms with E-state index in [1.165, 1.54) is 48.5 Å². The van der Waals surface area contributed by atoms with Gasteiger partial charge in [-0.15, -0.1) is 0 Å². The molecule has 1 aliphatic rings. The minimum atomic E-state index is -4.40. The first-order chi connectivity index (χ1) is 23.9. The molecule has 262 valence electrons. The van der Waals surface area contributed by atoms with Gasteiger partial charge in [-0.2, -0.15) is 21.4 Å². The van der Waals surface area contributed by atoms with Gasteiger partial charge in [0.25, 0.3) is 26.1 Å². The number of fused-ring (bicyclic) bond motifs is 2.